The van der Waals surface area contributed by atoms with Gasteiger partial charge in [0.2, 0.25) is 0 Å². The lowest BCUT2D eigenvalue weighted by molar-refractivity contribution is 0.518. The Balaban J connectivity index is 3.28. The van der Waals surface area contributed by atoms with Gasteiger partial charge in [-0.15, -0.1) is 0 Å². The second kappa shape index (κ2) is 4.79. The van der Waals surface area contributed by atoms with Crippen LogP contribution in [0.15, 0.2) is 65.6 Å². The highest BCUT2D eigenvalue weighted by Gasteiger charge is 2.16. The normalized spacial score (nSPS) is 17.9. The van der Waals surface area contributed by atoms with Crippen LogP contribution in [0.3, 0.4) is 0 Å². The average Bonchev–Trinajstić information content (AvgIpc) is 2.20. The van der Waals surface area contributed by atoms with Gasteiger partial charge in [-0.05, 0) is 37.1 Å². The fourth-order valence-electron chi connectivity index (χ4n) is 1.46. The molecule has 2 heteroatoms. The molecule has 0 bridgehead atoms. The summed E-state index contributed by atoms with van der Waals surface area (Å²) in [7, 11) is 1.97. The SMILES string of the molecule is C=C/C=C1/N=C(C(=C)C)C=C(C(=C)C)N1C. The molecule has 0 atom stereocenters. The lowest BCUT2D eigenvalue weighted by Crippen LogP contribution is -2.22. The van der Waals surface area contributed by atoms with Crippen LogP contribution < -0.4 is 0 Å². The molecule has 0 saturated carbocycles. The van der Waals surface area contributed by atoms with E-state index in [9.17, 15) is 0 Å². The fraction of sp³-hybridized carbons (Fsp3) is 0.214. The van der Waals surface area contributed by atoms with Crippen molar-refractivity contribution in [1.82, 2.24) is 4.90 Å². The maximum absolute atomic E-state index is 4.50. The monoisotopic (exact) mass is 214 g/mol. The maximum Gasteiger partial charge on any atom is 0.133 e. The first-order chi connectivity index (χ1) is 7.47. The minimum Gasteiger partial charge on any atom is -0.329 e. The molecule has 0 spiro atoms. The second-order valence-corrected chi connectivity index (χ2v) is 3.91. The van der Waals surface area contributed by atoms with Gasteiger partial charge in [0.1, 0.15) is 5.82 Å². The van der Waals surface area contributed by atoms with Gasteiger partial charge in [-0.1, -0.05) is 25.8 Å². The van der Waals surface area contributed by atoms with E-state index in [0.717, 1.165) is 28.4 Å². The molecule has 0 aromatic carbocycles. The van der Waals surface area contributed by atoms with Gasteiger partial charge in [0.05, 0.1) is 5.71 Å². The van der Waals surface area contributed by atoms with Crippen molar-refractivity contribution in [2.45, 2.75) is 13.8 Å². The van der Waals surface area contributed by atoms with Gasteiger partial charge in [-0.25, -0.2) is 4.99 Å². The van der Waals surface area contributed by atoms with Crippen molar-refractivity contribution >= 4 is 5.71 Å². The topological polar surface area (TPSA) is 15.6 Å². The van der Waals surface area contributed by atoms with Gasteiger partial charge < -0.3 is 4.90 Å². The highest BCUT2D eigenvalue weighted by molar-refractivity contribution is 6.09. The van der Waals surface area contributed by atoms with E-state index >= 15 is 0 Å². The summed E-state index contributed by atoms with van der Waals surface area (Å²) in [6.07, 6.45) is 5.61. The van der Waals surface area contributed by atoms with E-state index in [2.05, 4.69) is 24.7 Å². The third-order valence-electron chi connectivity index (χ3n) is 2.35. The zero-order valence-corrected chi connectivity index (χ0v) is 10.2. The standard InChI is InChI=1S/C14H18N2/c1-7-8-14-15-12(10(2)3)9-13(11(4)5)16(14)6/h7-9H,1-2,4H2,3,5-6H3/b14-8-. The minimum atomic E-state index is 0.855. The third kappa shape index (κ3) is 2.40. The number of likely N-dealkylation sites (N-methyl/N-ethyl adjacent to an activating group) is 1. The second-order valence-electron chi connectivity index (χ2n) is 3.91. The molecule has 0 N–H and O–H groups in total. The summed E-state index contributed by atoms with van der Waals surface area (Å²) in [5.74, 6) is 0.855. The summed E-state index contributed by atoms with van der Waals surface area (Å²) in [5.41, 5.74) is 3.90. The van der Waals surface area contributed by atoms with E-state index in [1.54, 1.807) is 6.08 Å². The van der Waals surface area contributed by atoms with E-state index in [-0.39, 0.29) is 0 Å². The molecule has 0 fully saturated rings. The summed E-state index contributed by atoms with van der Waals surface area (Å²) >= 11 is 0. The quantitative estimate of drug-likeness (QED) is 0.702. The van der Waals surface area contributed by atoms with Gasteiger partial charge in [-0.2, -0.15) is 0 Å². The molecular weight excluding hydrogens is 196 g/mol. The van der Waals surface area contributed by atoms with Gasteiger partial charge in [-0.3, -0.25) is 0 Å². The van der Waals surface area contributed by atoms with Crippen LogP contribution in [0.25, 0.3) is 0 Å². The molecule has 2 nitrogen and oxygen atoms in total. The number of nitrogens with zero attached hydrogens (tertiary/aromatic N) is 2. The molecule has 1 aliphatic heterocycles. The molecule has 16 heavy (non-hydrogen) atoms. The highest BCUT2D eigenvalue weighted by Crippen LogP contribution is 2.24. The Morgan fingerprint density at radius 3 is 2.38 bits per heavy atom. The van der Waals surface area contributed by atoms with Crippen molar-refractivity contribution in [2.75, 3.05) is 7.05 Å². The number of hydrogen-bond donors (Lipinski definition) is 0. The molecule has 1 aliphatic rings. The van der Waals surface area contributed by atoms with Crippen LogP contribution in [0.5, 0.6) is 0 Å². The van der Waals surface area contributed by atoms with E-state index < -0.39 is 0 Å². The number of aliphatic imine (C=N–C) groups is 1. The third-order valence-corrected chi connectivity index (χ3v) is 2.35. The van der Waals surface area contributed by atoms with Crippen molar-refractivity contribution in [3.63, 3.8) is 0 Å². The van der Waals surface area contributed by atoms with E-state index in [0.29, 0.717) is 0 Å². The van der Waals surface area contributed by atoms with Gasteiger partial charge in [0.15, 0.2) is 0 Å². The zero-order valence-electron chi connectivity index (χ0n) is 10.2. The smallest absolute Gasteiger partial charge is 0.133 e. The van der Waals surface area contributed by atoms with Crippen LogP contribution in [0.1, 0.15) is 13.8 Å². The molecular formula is C14H18N2. The van der Waals surface area contributed by atoms with Crippen LogP contribution in [-0.2, 0) is 0 Å². The minimum absolute atomic E-state index is 0.855. The molecule has 0 unspecified atom stereocenters. The van der Waals surface area contributed by atoms with Crippen molar-refractivity contribution in [3.05, 3.63) is 60.6 Å². The van der Waals surface area contributed by atoms with E-state index in [4.69, 9.17) is 0 Å². The zero-order chi connectivity index (χ0) is 12.3. The summed E-state index contributed by atoms with van der Waals surface area (Å²) < 4.78 is 0. The number of hydrogen-bond acceptors (Lipinski definition) is 2. The molecule has 1 heterocycles. The van der Waals surface area contributed by atoms with E-state index in [1.165, 1.54) is 0 Å². The van der Waals surface area contributed by atoms with E-state index in [1.807, 2.05) is 37.9 Å². The Hall–Kier alpha value is -1.83. The maximum atomic E-state index is 4.50. The van der Waals surface area contributed by atoms with Crippen molar-refractivity contribution in [3.8, 4) is 0 Å². The Kier molecular flexibility index (Phi) is 3.67. The Morgan fingerprint density at radius 1 is 1.31 bits per heavy atom. The molecule has 1 rings (SSSR count). The van der Waals surface area contributed by atoms with Crippen LogP contribution in [0.2, 0.25) is 0 Å². The largest absolute Gasteiger partial charge is 0.329 e. The molecule has 0 radical (unpaired) electrons. The lowest BCUT2D eigenvalue weighted by Gasteiger charge is -2.27. The Bertz CT molecular complexity index is 434. The molecule has 0 aromatic heterocycles. The predicted octanol–water partition coefficient (Wildman–Crippen LogP) is 3.44. The number of allylic oxidation sites excluding steroid dienone is 5. The van der Waals surface area contributed by atoms with Crippen LogP contribution in [0, 0.1) is 0 Å². The fourth-order valence-corrected chi connectivity index (χ4v) is 1.46. The Morgan fingerprint density at radius 2 is 1.94 bits per heavy atom. The first-order valence-corrected chi connectivity index (χ1v) is 5.16. The average molecular weight is 214 g/mol. The molecule has 0 aliphatic carbocycles. The molecule has 0 amide bonds. The Labute approximate surface area is 97.7 Å². The van der Waals surface area contributed by atoms with Gasteiger partial charge in [0.25, 0.3) is 0 Å². The van der Waals surface area contributed by atoms with Crippen molar-refractivity contribution in [2.24, 2.45) is 4.99 Å². The van der Waals surface area contributed by atoms with Crippen molar-refractivity contribution < 1.29 is 0 Å². The molecule has 0 saturated heterocycles. The summed E-state index contributed by atoms with van der Waals surface area (Å²) in [4.78, 5) is 6.50. The first-order valence-electron chi connectivity index (χ1n) is 5.16. The van der Waals surface area contributed by atoms with Crippen LogP contribution in [0.4, 0.5) is 0 Å². The van der Waals surface area contributed by atoms with Gasteiger partial charge >= 0.3 is 0 Å². The van der Waals surface area contributed by atoms with Gasteiger partial charge in [0, 0.05) is 12.7 Å². The molecule has 84 valence electrons. The summed E-state index contributed by atoms with van der Waals surface area (Å²) in [5, 5.41) is 0. The predicted molar refractivity (Wildman–Crippen MR) is 71.2 cm³/mol. The summed E-state index contributed by atoms with van der Waals surface area (Å²) in [6.45, 7) is 15.5. The number of rotatable bonds is 3. The van der Waals surface area contributed by atoms with Crippen LogP contribution in [-0.4, -0.2) is 17.7 Å². The molecule has 0 aromatic rings. The summed E-state index contributed by atoms with van der Waals surface area (Å²) in [6, 6.07) is 0. The lowest BCUT2D eigenvalue weighted by atomic mass is 10.1. The highest BCUT2D eigenvalue weighted by atomic mass is 15.2. The van der Waals surface area contributed by atoms with Crippen molar-refractivity contribution in [1.29, 1.82) is 0 Å². The van der Waals surface area contributed by atoms with Crippen LogP contribution >= 0.6 is 0 Å². The first kappa shape index (κ1) is 12.2.